The maximum absolute atomic E-state index is 13.2. The number of halogens is 1. The monoisotopic (exact) mass is 383 g/mol. The van der Waals surface area contributed by atoms with Crippen LogP contribution >= 0.6 is 11.6 Å². The summed E-state index contributed by atoms with van der Waals surface area (Å²) in [6.07, 6.45) is 3.52. The Hall–Kier alpha value is -2.79. The van der Waals surface area contributed by atoms with Crippen molar-refractivity contribution in [3.05, 3.63) is 63.5 Å². The molecule has 5 nitrogen and oxygen atoms in total. The first-order valence-electron chi connectivity index (χ1n) is 8.88. The predicted molar refractivity (Wildman–Crippen MR) is 105 cm³/mol. The Morgan fingerprint density at radius 3 is 2.33 bits per heavy atom. The van der Waals surface area contributed by atoms with Crippen LogP contribution in [0.2, 0.25) is 5.02 Å². The molecule has 2 aromatic carbocycles. The van der Waals surface area contributed by atoms with Crippen molar-refractivity contribution in [2.75, 3.05) is 0 Å². The lowest BCUT2D eigenvalue weighted by Crippen LogP contribution is -2.30. The molecule has 4 rings (SSSR count). The van der Waals surface area contributed by atoms with Crippen molar-refractivity contribution >= 4 is 28.3 Å². The summed E-state index contributed by atoms with van der Waals surface area (Å²) in [5.74, 6) is -1.06. The number of aromatic carboxylic acids is 1. The molecule has 3 aromatic rings. The van der Waals surface area contributed by atoms with Gasteiger partial charge in [-0.05, 0) is 54.1 Å². The van der Waals surface area contributed by atoms with E-state index in [4.69, 9.17) is 11.6 Å². The Kier molecular flexibility index (Phi) is 4.40. The summed E-state index contributed by atoms with van der Waals surface area (Å²) in [4.78, 5) is 25.5. The number of phenolic OH excluding ortho intramolecular Hbond substituents is 1. The Morgan fingerprint density at radius 1 is 1.04 bits per heavy atom. The lowest BCUT2D eigenvalue weighted by atomic mass is 9.95. The maximum atomic E-state index is 13.2. The average molecular weight is 384 g/mol. The van der Waals surface area contributed by atoms with Crippen molar-refractivity contribution in [2.24, 2.45) is 0 Å². The Bertz CT molecular complexity index is 1100. The molecule has 0 unspecified atom stereocenters. The molecule has 138 valence electrons. The summed E-state index contributed by atoms with van der Waals surface area (Å²) in [7, 11) is 0. The number of aromatic nitrogens is 1. The van der Waals surface area contributed by atoms with Crippen LogP contribution in [-0.2, 0) is 0 Å². The lowest BCUT2D eigenvalue weighted by molar-refractivity contribution is 0.0682. The van der Waals surface area contributed by atoms with E-state index in [0.29, 0.717) is 26.9 Å². The van der Waals surface area contributed by atoms with Gasteiger partial charge in [0.2, 0.25) is 0 Å². The van der Waals surface area contributed by atoms with Gasteiger partial charge in [-0.15, -0.1) is 0 Å². The van der Waals surface area contributed by atoms with Gasteiger partial charge in [0.15, 0.2) is 0 Å². The molecule has 0 saturated heterocycles. The normalized spacial score (nSPS) is 14.7. The Labute approximate surface area is 160 Å². The quantitative estimate of drug-likeness (QED) is 0.678. The second-order valence-electron chi connectivity index (χ2n) is 6.88. The first kappa shape index (κ1) is 17.6. The zero-order valence-corrected chi connectivity index (χ0v) is 15.2. The van der Waals surface area contributed by atoms with Crippen molar-refractivity contribution in [2.45, 2.75) is 31.7 Å². The highest BCUT2D eigenvalue weighted by atomic mass is 35.5. The van der Waals surface area contributed by atoms with E-state index in [9.17, 15) is 19.8 Å². The molecule has 1 fully saturated rings. The van der Waals surface area contributed by atoms with Crippen LogP contribution < -0.4 is 5.56 Å². The first-order valence-corrected chi connectivity index (χ1v) is 9.25. The van der Waals surface area contributed by atoms with Gasteiger partial charge in [-0.1, -0.05) is 36.6 Å². The fourth-order valence-corrected chi connectivity index (χ4v) is 4.20. The van der Waals surface area contributed by atoms with Gasteiger partial charge in [0, 0.05) is 22.0 Å². The number of benzene rings is 2. The number of phenols is 1. The number of hydrogen-bond donors (Lipinski definition) is 2. The Balaban J connectivity index is 2.18. The number of carboxylic acid groups (broad SMARTS) is 1. The number of nitrogens with zero attached hydrogens (tertiary/aromatic N) is 1. The molecule has 0 spiro atoms. The second-order valence-corrected chi connectivity index (χ2v) is 7.32. The van der Waals surface area contributed by atoms with E-state index in [1.165, 1.54) is 16.7 Å². The van der Waals surface area contributed by atoms with Crippen LogP contribution in [0.15, 0.2) is 47.3 Å². The zero-order valence-electron chi connectivity index (χ0n) is 14.5. The van der Waals surface area contributed by atoms with Crippen LogP contribution in [-0.4, -0.2) is 20.7 Å². The number of rotatable bonds is 3. The van der Waals surface area contributed by atoms with Crippen molar-refractivity contribution < 1.29 is 15.0 Å². The summed E-state index contributed by atoms with van der Waals surface area (Å²) in [5, 5.41) is 21.0. The average Bonchev–Trinajstić information content (AvgIpc) is 3.16. The van der Waals surface area contributed by atoms with Gasteiger partial charge < -0.3 is 10.2 Å². The first-order chi connectivity index (χ1) is 13.0. The molecule has 1 aliphatic carbocycles. The molecule has 0 amide bonds. The minimum atomic E-state index is -1.15. The zero-order chi connectivity index (χ0) is 19.1. The largest absolute Gasteiger partial charge is 0.508 e. The molecule has 1 saturated carbocycles. The molecule has 0 atom stereocenters. The second kappa shape index (κ2) is 6.74. The van der Waals surface area contributed by atoms with Crippen LogP contribution in [0.3, 0.4) is 0 Å². The number of fused-ring (bicyclic) bond motifs is 1. The number of hydrogen-bond acceptors (Lipinski definition) is 3. The predicted octanol–water partition coefficient (Wildman–Crippen LogP) is 4.84. The summed E-state index contributed by atoms with van der Waals surface area (Å²) >= 11 is 6.16. The van der Waals surface area contributed by atoms with Crippen LogP contribution in [0, 0.1) is 0 Å². The van der Waals surface area contributed by atoms with E-state index in [1.807, 2.05) is 0 Å². The number of aromatic hydroxyl groups is 1. The Morgan fingerprint density at radius 2 is 1.70 bits per heavy atom. The van der Waals surface area contributed by atoms with Crippen molar-refractivity contribution in [1.29, 1.82) is 0 Å². The molecule has 0 aliphatic heterocycles. The standard InChI is InChI=1S/C21H18ClNO4/c22-13-7-10-16-17(11-13)18(12-5-8-15(24)9-6-12)19(21(26)27)23(20(16)25)14-3-1-2-4-14/h5-11,14,24H,1-4H2,(H,26,27). The van der Waals surface area contributed by atoms with E-state index in [-0.39, 0.29) is 23.0 Å². The molecule has 1 aromatic heterocycles. The molecule has 2 N–H and O–H groups in total. The molecular weight excluding hydrogens is 366 g/mol. The fourth-order valence-electron chi connectivity index (χ4n) is 4.03. The van der Waals surface area contributed by atoms with Crippen LogP contribution in [0.4, 0.5) is 0 Å². The highest BCUT2D eigenvalue weighted by Gasteiger charge is 2.28. The molecule has 0 radical (unpaired) electrons. The molecule has 1 aliphatic rings. The van der Waals surface area contributed by atoms with Crippen LogP contribution in [0.5, 0.6) is 5.75 Å². The van der Waals surface area contributed by atoms with Gasteiger partial charge in [-0.2, -0.15) is 0 Å². The molecule has 6 heteroatoms. The van der Waals surface area contributed by atoms with Crippen molar-refractivity contribution in [1.82, 2.24) is 4.57 Å². The smallest absolute Gasteiger partial charge is 0.353 e. The summed E-state index contributed by atoms with van der Waals surface area (Å²) in [5.41, 5.74) is 0.747. The molecular formula is C21H18ClNO4. The summed E-state index contributed by atoms with van der Waals surface area (Å²) in [6.45, 7) is 0. The molecule has 0 bridgehead atoms. The fraction of sp³-hybridized carbons (Fsp3) is 0.238. The van der Waals surface area contributed by atoms with Gasteiger partial charge in [-0.25, -0.2) is 4.79 Å². The van der Waals surface area contributed by atoms with Gasteiger partial charge in [0.05, 0.1) is 0 Å². The minimum Gasteiger partial charge on any atom is -0.508 e. The van der Waals surface area contributed by atoms with Crippen LogP contribution in [0.25, 0.3) is 21.9 Å². The highest BCUT2D eigenvalue weighted by molar-refractivity contribution is 6.31. The van der Waals surface area contributed by atoms with Crippen molar-refractivity contribution in [3.8, 4) is 16.9 Å². The van der Waals surface area contributed by atoms with Gasteiger partial charge in [0.1, 0.15) is 11.4 Å². The topological polar surface area (TPSA) is 79.5 Å². The van der Waals surface area contributed by atoms with E-state index in [1.54, 1.807) is 30.3 Å². The molecule has 27 heavy (non-hydrogen) atoms. The van der Waals surface area contributed by atoms with E-state index >= 15 is 0 Å². The molecule has 1 heterocycles. The third-order valence-electron chi connectivity index (χ3n) is 5.23. The summed E-state index contributed by atoms with van der Waals surface area (Å²) in [6, 6.07) is 11.1. The van der Waals surface area contributed by atoms with Crippen LogP contribution in [0.1, 0.15) is 42.2 Å². The van der Waals surface area contributed by atoms with E-state index < -0.39 is 5.97 Å². The third-order valence-corrected chi connectivity index (χ3v) is 5.46. The van der Waals surface area contributed by atoms with Gasteiger partial charge in [0.25, 0.3) is 5.56 Å². The SMILES string of the molecule is O=C(O)c1c(-c2ccc(O)cc2)c2cc(Cl)ccc2c(=O)n1C1CCCC1. The number of carboxylic acids is 1. The summed E-state index contributed by atoms with van der Waals surface area (Å²) < 4.78 is 1.45. The van der Waals surface area contributed by atoms with E-state index in [2.05, 4.69) is 0 Å². The minimum absolute atomic E-state index is 0.0210. The van der Waals surface area contributed by atoms with Crippen molar-refractivity contribution in [3.63, 3.8) is 0 Å². The van der Waals surface area contributed by atoms with Gasteiger partial charge in [-0.3, -0.25) is 9.36 Å². The highest BCUT2D eigenvalue weighted by Crippen LogP contribution is 2.37. The maximum Gasteiger partial charge on any atom is 0.353 e. The lowest BCUT2D eigenvalue weighted by Gasteiger charge is -2.22. The third kappa shape index (κ3) is 2.98. The number of pyridine rings is 1. The van der Waals surface area contributed by atoms with Gasteiger partial charge >= 0.3 is 5.97 Å². The van der Waals surface area contributed by atoms with E-state index in [0.717, 1.165) is 25.7 Å². The number of carbonyl (C=O) groups is 1.